The Morgan fingerprint density at radius 2 is 1.59 bits per heavy atom. The van der Waals surface area contributed by atoms with Crippen LogP contribution in [0.25, 0.3) is 0 Å². The van der Waals surface area contributed by atoms with E-state index >= 15 is 0 Å². The fourth-order valence-corrected chi connectivity index (χ4v) is 7.26. The summed E-state index contributed by atoms with van der Waals surface area (Å²) >= 11 is 0. The second-order valence-electron chi connectivity index (χ2n) is 13.7. The van der Waals surface area contributed by atoms with E-state index in [0.717, 1.165) is 19.3 Å². The SMILES string of the molecule is C#CCN(CCC(=O)C(C)(CC)OC(C)(C)C)C(C)(CCC)C(=O)CCCCCN1C(=O)[C@@H]2[C@H](C1=O)[C@H]1C=C[C@@H]2C1. The quantitative estimate of drug-likeness (QED) is 0.102. The molecule has 3 rings (SSSR count). The third kappa shape index (κ3) is 7.20. The molecule has 41 heavy (non-hydrogen) atoms. The van der Waals surface area contributed by atoms with Crippen molar-refractivity contribution in [1.29, 1.82) is 0 Å². The number of carbonyl (C=O) groups excluding carboxylic acids is 4. The molecule has 2 bridgehead atoms. The van der Waals surface area contributed by atoms with E-state index in [4.69, 9.17) is 11.2 Å². The van der Waals surface area contributed by atoms with Crippen LogP contribution < -0.4 is 0 Å². The van der Waals surface area contributed by atoms with Gasteiger partial charge in [-0.1, -0.05) is 44.8 Å². The number of ether oxygens (including phenoxy) is 1. The molecule has 6 atom stereocenters. The molecule has 2 fully saturated rings. The second kappa shape index (κ2) is 13.3. The van der Waals surface area contributed by atoms with Gasteiger partial charge in [-0.15, -0.1) is 6.42 Å². The summed E-state index contributed by atoms with van der Waals surface area (Å²) in [4.78, 5) is 56.3. The third-order valence-electron chi connectivity index (χ3n) is 9.57. The zero-order valence-electron chi connectivity index (χ0n) is 26.5. The summed E-state index contributed by atoms with van der Waals surface area (Å²) in [6.45, 7) is 14.8. The number of Topliss-reactive ketones (excluding diaryl/α,β-unsaturated/α-hetero) is 2. The van der Waals surface area contributed by atoms with Crippen LogP contribution in [0.1, 0.15) is 106 Å². The maximum absolute atomic E-state index is 13.6. The minimum Gasteiger partial charge on any atom is -0.362 e. The predicted molar refractivity (Wildman–Crippen MR) is 161 cm³/mol. The molecule has 1 saturated heterocycles. The van der Waals surface area contributed by atoms with Crippen molar-refractivity contribution in [3.63, 3.8) is 0 Å². The molecule has 0 aromatic carbocycles. The number of likely N-dealkylation sites (tertiary alicyclic amines) is 1. The van der Waals surface area contributed by atoms with Gasteiger partial charge < -0.3 is 4.74 Å². The highest BCUT2D eigenvalue weighted by Crippen LogP contribution is 2.52. The van der Waals surface area contributed by atoms with Crippen molar-refractivity contribution in [1.82, 2.24) is 9.80 Å². The highest BCUT2D eigenvalue weighted by molar-refractivity contribution is 6.06. The Morgan fingerprint density at radius 1 is 0.976 bits per heavy atom. The molecule has 2 amide bonds. The van der Waals surface area contributed by atoms with Gasteiger partial charge in [0.05, 0.1) is 29.5 Å². The van der Waals surface area contributed by atoms with Gasteiger partial charge in [0.25, 0.3) is 0 Å². The number of unbranched alkanes of at least 4 members (excludes halogenated alkanes) is 2. The van der Waals surface area contributed by atoms with Gasteiger partial charge in [-0.05, 0) is 78.6 Å². The number of carbonyl (C=O) groups is 4. The molecule has 3 aliphatic rings. The smallest absolute Gasteiger partial charge is 0.233 e. The molecule has 7 nitrogen and oxygen atoms in total. The first-order chi connectivity index (χ1) is 19.2. The number of imide groups is 1. The average Bonchev–Trinajstić information content (AvgIpc) is 3.59. The second-order valence-corrected chi connectivity index (χ2v) is 13.7. The largest absolute Gasteiger partial charge is 0.362 e. The molecule has 228 valence electrons. The molecule has 2 aliphatic carbocycles. The van der Waals surface area contributed by atoms with Gasteiger partial charge in [0.1, 0.15) is 5.60 Å². The maximum atomic E-state index is 13.6. The third-order valence-corrected chi connectivity index (χ3v) is 9.57. The minimum atomic E-state index is -0.891. The van der Waals surface area contributed by atoms with Gasteiger partial charge in [-0.2, -0.15) is 0 Å². The molecule has 1 saturated carbocycles. The number of hydrogen-bond acceptors (Lipinski definition) is 6. The highest BCUT2D eigenvalue weighted by Gasteiger charge is 2.58. The lowest BCUT2D eigenvalue weighted by atomic mass is 9.85. The predicted octanol–water partition coefficient (Wildman–Crippen LogP) is 5.36. The standard InChI is InChI=1S/C34H52N2O5/c1-9-19-33(7,35(20-10-2)22-18-27(38)34(8,11-3)41-32(4,5)6)26(37)15-13-12-14-21-36-30(39)28-24-16-17-25(23-24)29(28)31(36)40/h2,16-17,24-25,28-29H,9,11-15,18-23H2,1,3-8H3/t24-,25+,28+,29-,33?,34?. The summed E-state index contributed by atoms with van der Waals surface area (Å²) in [5.74, 6) is 2.97. The first-order valence-electron chi connectivity index (χ1n) is 15.7. The Balaban J connectivity index is 1.53. The average molecular weight is 569 g/mol. The van der Waals surface area contributed by atoms with E-state index in [1.807, 2.05) is 46.4 Å². The van der Waals surface area contributed by atoms with Crippen molar-refractivity contribution in [2.75, 3.05) is 19.6 Å². The van der Waals surface area contributed by atoms with E-state index in [-0.39, 0.29) is 60.0 Å². The molecule has 1 heterocycles. The van der Waals surface area contributed by atoms with Crippen LogP contribution >= 0.6 is 0 Å². The molecular weight excluding hydrogens is 516 g/mol. The van der Waals surface area contributed by atoms with E-state index in [2.05, 4.69) is 25.0 Å². The number of allylic oxidation sites excluding steroid dienone is 2. The van der Waals surface area contributed by atoms with Crippen LogP contribution in [0.3, 0.4) is 0 Å². The summed E-state index contributed by atoms with van der Waals surface area (Å²) < 4.78 is 6.15. The summed E-state index contributed by atoms with van der Waals surface area (Å²) in [6, 6.07) is 0. The lowest BCUT2D eigenvalue weighted by Crippen LogP contribution is -2.54. The number of hydrogen-bond donors (Lipinski definition) is 0. The van der Waals surface area contributed by atoms with E-state index in [1.54, 1.807) is 0 Å². The number of ketones is 2. The van der Waals surface area contributed by atoms with E-state index in [9.17, 15) is 19.2 Å². The van der Waals surface area contributed by atoms with Crippen LogP contribution in [-0.2, 0) is 23.9 Å². The minimum absolute atomic E-state index is 0.00464. The molecular formula is C34H52N2O5. The Morgan fingerprint density at radius 3 is 2.10 bits per heavy atom. The highest BCUT2D eigenvalue weighted by atomic mass is 16.5. The Kier molecular flexibility index (Phi) is 10.8. The topological polar surface area (TPSA) is 84.0 Å². The van der Waals surface area contributed by atoms with Gasteiger partial charge >= 0.3 is 0 Å². The monoisotopic (exact) mass is 568 g/mol. The Labute approximate surface area is 247 Å². The van der Waals surface area contributed by atoms with Crippen molar-refractivity contribution in [3.05, 3.63) is 12.2 Å². The summed E-state index contributed by atoms with van der Waals surface area (Å²) in [5, 5.41) is 0. The van der Waals surface area contributed by atoms with Crippen LogP contribution in [0, 0.1) is 36.0 Å². The number of amides is 2. The van der Waals surface area contributed by atoms with Gasteiger partial charge in [0.2, 0.25) is 11.8 Å². The van der Waals surface area contributed by atoms with Gasteiger partial charge in [0, 0.05) is 25.9 Å². The van der Waals surface area contributed by atoms with Crippen LogP contribution in [0.2, 0.25) is 0 Å². The fraction of sp³-hybridized carbons (Fsp3) is 0.765. The zero-order chi connectivity index (χ0) is 30.6. The first-order valence-corrected chi connectivity index (χ1v) is 15.7. The fourth-order valence-electron chi connectivity index (χ4n) is 7.26. The van der Waals surface area contributed by atoms with Crippen molar-refractivity contribution >= 4 is 23.4 Å². The van der Waals surface area contributed by atoms with E-state index in [0.29, 0.717) is 45.2 Å². The molecule has 7 heteroatoms. The Hall–Kier alpha value is -2.30. The summed E-state index contributed by atoms with van der Waals surface area (Å²) in [6.07, 6.45) is 15.7. The van der Waals surface area contributed by atoms with Crippen LogP contribution in [0.4, 0.5) is 0 Å². The van der Waals surface area contributed by atoms with Gasteiger partial charge in [-0.3, -0.25) is 29.0 Å². The normalized spacial score (nSPS) is 26.3. The molecule has 0 aromatic heterocycles. The number of terminal acetylenes is 1. The number of nitrogens with zero attached hydrogens (tertiary/aromatic N) is 2. The Bertz CT molecular complexity index is 1040. The van der Waals surface area contributed by atoms with Crippen molar-refractivity contribution in [2.24, 2.45) is 23.7 Å². The van der Waals surface area contributed by atoms with Crippen LogP contribution in [0.15, 0.2) is 12.2 Å². The van der Waals surface area contributed by atoms with E-state index < -0.39 is 16.7 Å². The molecule has 0 N–H and O–H groups in total. The molecule has 1 aliphatic heterocycles. The lowest BCUT2D eigenvalue weighted by Gasteiger charge is -2.40. The molecule has 0 aromatic rings. The van der Waals surface area contributed by atoms with E-state index in [1.165, 1.54) is 4.90 Å². The number of rotatable bonds is 17. The molecule has 2 unspecified atom stereocenters. The first kappa shape index (κ1) is 33.2. The molecule has 0 spiro atoms. The maximum Gasteiger partial charge on any atom is 0.233 e. The van der Waals surface area contributed by atoms with Crippen molar-refractivity contribution < 1.29 is 23.9 Å². The van der Waals surface area contributed by atoms with Gasteiger partial charge in [0.15, 0.2) is 11.6 Å². The van der Waals surface area contributed by atoms with Crippen molar-refractivity contribution in [2.45, 2.75) is 123 Å². The summed E-state index contributed by atoms with van der Waals surface area (Å²) in [5.41, 5.74) is -2.10. The zero-order valence-corrected chi connectivity index (χ0v) is 26.5. The molecule has 0 radical (unpaired) electrons. The number of fused-ring (bicyclic) bond motifs is 5. The van der Waals surface area contributed by atoms with Crippen LogP contribution in [-0.4, -0.2) is 69.6 Å². The lowest BCUT2D eigenvalue weighted by molar-refractivity contribution is -0.162. The summed E-state index contributed by atoms with van der Waals surface area (Å²) in [7, 11) is 0. The van der Waals surface area contributed by atoms with Crippen molar-refractivity contribution in [3.8, 4) is 12.3 Å². The van der Waals surface area contributed by atoms with Gasteiger partial charge in [-0.25, -0.2) is 0 Å². The van der Waals surface area contributed by atoms with Crippen LogP contribution in [0.5, 0.6) is 0 Å².